The zero-order valence-corrected chi connectivity index (χ0v) is 15.3. The number of morpholine rings is 1. The number of imide groups is 1. The van der Waals surface area contributed by atoms with Gasteiger partial charge in [-0.3, -0.25) is 19.4 Å². The van der Waals surface area contributed by atoms with E-state index in [2.05, 4.69) is 29.2 Å². The number of hydrogen-bond donors (Lipinski definition) is 0. The van der Waals surface area contributed by atoms with Crippen LogP contribution in [0, 0.1) is 35.5 Å². The standard InChI is InChI=1S/C22H24N2O3/c25-21-19-15-5-6-16(18-11-17(15)18)20(19)22(26)24(21)14-3-1-13(2-4-14)12-23-7-9-27-10-8-23/h1-6,15-20H,7-12H2/t15-,16-,17-,18+,19-,20+/m1/s1. The molecule has 6 atom stereocenters. The van der Waals surface area contributed by atoms with E-state index in [0.29, 0.717) is 11.8 Å². The molecule has 1 aromatic carbocycles. The molecule has 1 aromatic rings. The second-order valence-electron chi connectivity index (χ2n) is 8.72. The second kappa shape index (κ2) is 5.76. The highest BCUT2D eigenvalue weighted by atomic mass is 16.5. The molecule has 2 saturated carbocycles. The zero-order chi connectivity index (χ0) is 18.1. The Labute approximate surface area is 159 Å². The van der Waals surface area contributed by atoms with Gasteiger partial charge < -0.3 is 4.74 Å². The summed E-state index contributed by atoms with van der Waals surface area (Å²) in [6.45, 7) is 4.36. The van der Waals surface area contributed by atoms with Crippen molar-refractivity contribution in [3.8, 4) is 0 Å². The summed E-state index contributed by atoms with van der Waals surface area (Å²) >= 11 is 0. The minimum Gasteiger partial charge on any atom is -0.379 e. The van der Waals surface area contributed by atoms with Gasteiger partial charge in [0.05, 0.1) is 30.7 Å². The Morgan fingerprint density at radius 1 is 0.889 bits per heavy atom. The monoisotopic (exact) mass is 364 g/mol. The third-order valence-corrected chi connectivity index (χ3v) is 7.37. The number of benzene rings is 1. The van der Waals surface area contributed by atoms with Crippen LogP contribution in [0.4, 0.5) is 5.69 Å². The van der Waals surface area contributed by atoms with Crippen LogP contribution in [0.15, 0.2) is 36.4 Å². The fourth-order valence-corrected chi connectivity index (χ4v) is 5.98. The van der Waals surface area contributed by atoms with Gasteiger partial charge in [-0.2, -0.15) is 0 Å². The molecule has 4 aliphatic carbocycles. The number of nitrogens with zero attached hydrogens (tertiary/aromatic N) is 2. The average molecular weight is 364 g/mol. The van der Waals surface area contributed by atoms with Crippen LogP contribution in [0.25, 0.3) is 0 Å². The number of ether oxygens (including phenoxy) is 1. The Bertz CT molecular complexity index is 790. The Kier molecular flexibility index (Phi) is 3.42. The lowest BCUT2D eigenvalue weighted by Gasteiger charge is -2.37. The zero-order valence-electron chi connectivity index (χ0n) is 15.3. The maximum atomic E-state index is 13.2. The van der Waals surface area contributed by atoms with Gasteiger partial charge in [0, 0.05) is 19.6 Å². The van der Waals surface area contributed by atoms with Gasteiger partial charge in [-0.05, 0) is 47.8 Å². The Morgan fingerprint density at radius 3 is 2.07 bits per heavy atom. The van der Waals surface area contributed by atoms with Crippen LogP contribution in [0.1, 0.15) is 12.0 Å². The molecule has 4 fully saturated rings. The molecule has 2 bridgehead atoms. The number of allylic oxidation sites excluding steroid dienone is 2. The average Bonchev–Trinajstić information content (AvgIpc) is 3.48. The van der Waals surface area contributed by atoms with Gasteiger partial charge in [-0.15, -0.1) is 0 Å². The highest BCUT2D eigenvalue weighted by Crippen LogP contribution is 2.65. The van der Waals surface area contributed by atoms with Gasteiger partial charge in [0.25, 0.3) is 0 Å². The lowest BCUT2D eigenvalue weighted by atomic mass is 9.63. The molecule has 0 unspecified atom stereocenters. The third-order valence-electron chi connectivity index (χ3n) is 7.37. The Morgan fingerprint density at radius 2 is 1.48 bits per heavy atom. The molecule has 0 spiro atoms. The number of anilines is 1. The van der Waals surface area contributed by atoms with Crippen LogP contribution < -0.4 is 4.90 Å². The van der Waals surface area contributed by atoms with Gasteiger partial charge in [0.15, 0.2) is 0 Å². The van der Waals surface area contributed by atoms with Crippen LogP contribution in [0.3, 0.4) is 0 Å². The van der Waals surface area contributed by atoms with Crippen molar-refractivity contribution in [2.75, 3.05) is 31.2 Å². The fourth-order valence-electron chi connectivity index (χ4n) is 5.98. The highest BCUT2D eigenvalue weighted by molar-refractivity contribution is 6.22. The van der Waals surface area contributed by atoms with Crippen molar-refractivity contribution in [3.05, 3.63) is 42.0 Å². The van der Waals surface area contributed by atoms with Crippen LogP contribution in [0.2, 0.25) is 0 Å². The molecule has 5 heteroatoms. The molecule has 0 radical (unpaired) electrons. The quantitative estimate of drug-likeness (QED) is 0.609. The maximum absolute atomic E-state index is 13.2. The first kappa shape index (κ1) is 16.0. The summed E-state index contributed by atoms with van der Waals surface area (Å²) in [6.07, 6.45) is 5.65. The minimum atomic E-state index is -0.121. The van der Waals surface area contributed by atoms with Crippen molar-refractivity contribution in [1.29, 1.82) is 0 Å². The summed E-state index contributed by atoms with van der Waals surface area (Å²) < 4.78 is 5.40. The van der Waals surface area contributed by atoms with Crippen LogP contribution in [-0.2, 0) is 20.9 Å². The first-order chi connectivity index (χ1) is 13.2. The predicted molar refractivity (Wildman–Crippen MR) is 99.7 cm³/mol. The van der Waals surface area contributed by atoms with Crippen molar-refractivity contribution in [2.45, 2.75) is 13.0 Å². The van der Waals surface area contributed by atoms with E-state index in [4.69, 9.17) is 4.74 Å². The van der Waals surface area contributed by atoms with Gasteiger partial charge >= 0.3 is 0 Å². The van der Waals surface area contributed by atoms with Crippen molar-refractivity contribution in [2.24, 2.45) is 35.5 Å². The summed E-state index contributed by atoms with van der Waals surface area (Å²) in [5, 5.41) is 0. The maximum Gasteiger partial charge on any atom is 0.238 e. The molecule has 2 heterocycles. The minimum absolute atomic E-state index is 0.0237. The number of carbonyl (C=O) groups is 2. The summed E-state index contributed by atoms with van der Waals surface area (Å²) in [7, 11) is 0. The van der Waals surface area contributed by atoms with E-state index in [9.17, 15) is 9.59 Å². The molecule has 5 nitrogen and oxygen atoms in total. The lowest BCUT2D eigenvalue weighted by molar-refractivity contribution is -0.124. The van der Waals surface area contributed by atoms with Crippen molar-refractivity contribution in [3.63, 3.8) is 0 Å². The van der Waals surface area contributed by atoms with E-state index in [1.54, 1.807) is 0 Å². The van der Waals surface area contributed by atoms with Gasteiger partial charge in [0.1, 0.15) is 0 Å². The van der Waals surface area contributed by atoms with E-state index in [1.165, 1.54) is 16.9 Å². The molecule has 7 rings (SSSR count). The van der Waals surface area contributed by atoms with Crippen molar-refractivity contribution >= 4 is 17.5 Å². The van der Waals surface area contributed by atoms with Gasteiger partial charge in [-0.25, -0.2) is 0 Å². The van der Waals surface area contributed by atoms with Gasteiger partial charge in [-0.1, -0.05) is 24.3 Å². The van der Waals surface area contributed by atoms with Gasteiger partial charge in [0.2, 0.25) is 11.8 Å². The number of carbonyl (C=O) groups excluding carboxylic acids is 2. The molecule has 6 aliphatic rings. The smallest absolute Gasteiger partial charge is 0.238 e. The van der Waals surface area contributed by atoms with Crippen molar-refractivity contribution in [1.82, 2.24) is 4.90 Å². The summed E-state index contributed by atoms with van der Waals surface area (Å²) in [5.41, 5.74) is 1.94. The Balaban J connectivity index is 1.23. The number of amides is 2. The normalized spacial score (nSPS) is 39.6. The fraction of sp³-hybridized carbons (Fsp3) is 0.545. The third kappa shape index (κ3) is 2.31. The van der Waals surface area contributed by atoms with Crippen LogP contribution in [-0.4, -0.2) is 43.0 Å². The molecule has 2 aliphatic heterocycles. The lowest BCUT2D eigenvalue weighted by Crippen LogP contribution is -2.40. The topological polar surface area (TPSA) is 49.9 Å². The molecule has 2 saturated heterocycles. The molecular weight excluding hydrogens is 340 g/mol. The van der Waals surface area contributed by atoms with E-state index in [1.807, 2.05) is 12.1 Å². The Hall–Kier alpha value is -1.98. The summed E-state index contributed by atoms with van der Waals surface area (Å²) in [4.78, 5) is 30.2. The molecule has 2 amide bonds. The van der Waals surface area contributed by atoms with E-state index in [-0.39, 0.29) is 35.5 Å². The number of rotatable bonds is 3. The predicted octanol–water partition coefficient (Wildman–Crippen LogP) is 2.08. The first-order valence-electron chi connectivity index (χ1n) is 10.2. The SMILES string of the molecule is O=C1[C@@H]2[C@@H]3C=C[C@H]([C@@H]4C[C@H]34)[C@@H]2C(=O)N1c1ccc(CN2CCOCC2)cc1. The highest BCUT2D eigenvalue weighted by Gasteiger charge is 2.67. The largest absolute Gasteiger partial charge is 0.379 e. The van der Waals surface area contributed by atoms with E-state index in [0.717, 1.165) is 38.5 Å². The van der Waals surface area contributed by atoms with Crippen LogP contribution in [0.5, 0.6) is 0 Å². The molecular formula is C22H24N2O3. The van der Waals surface area contributed by atoms with Crippen LogP contribution >= 0.6 is 0 Å². The van der Waals surface area contributed by atoms with E-state index >= 15 is 0 Å². The molecule has 140 valence electrons. The number of hydrogen-bond acceptors (Lipinski definition) is 4. The molecule has 0 aromatic heterocycles. The second-order valence-corrected chi connectivity index (χ2v) is 8.72. The van der Waals surface area contributed by atoms with Crippen molar-refractivity contribution < 1.29 is 14.3 Å². The summed E-state index contributed by atoms with van der Waals surface area (Å²) in [5.74, 6) is 1.67. The van der Waals surface area contributed by atoms with E-state index < -0.39 is 0 Å². The summed E-state index contributed by atoms with van der Waals surface area (Å²) in [6, 6.07) is 7.99. The molecule has 0 N–H and O–H groups in total. The first-order valence-corrected chi connectivity index (χ1v) is 10.2. The molecule has 27 heavy (non-hydrogen) atoms.